The van der Waals surface area contributed by atoms with Crippen LogP contribution in [0.25, 0.3) is 0 Å². The third-order valence-electron chi connectivity index (χ3n) is 15.9. The molecule has 4 aliphatic rings. The molecule has 0 bridgehead atoms. The molecule has 4 N–H and O–H groups in total. The zero-order valence-corrected chi connectivity index (χ0v) is 45.5. The molecule has 4 atom stereocenters. The quantitative estimate of drug-likeness (QED) is 0.0809. The van der Waals surface area contributed by atoms with Gasteiger partial charge in [-0.25, -0.2) is 19.2 Å². The van der Waals surface area contributed by atoms with Crippen LogP contribution >= 0.6 is 0 Å². The molecule has 0 saturated carbocycles. The van der Waals surface area contributed by atoms with E-state index in [0.717, 1.165) is 12.1 Å². The van der Waals surface area contributed by atoms with Crippen LogP contribution in [0.2, 0.25) is 0 Å². The first-order valence-corrected chi connectivity index (χ1v) is 25.2. The summed E-state index contributed by atoms with van der Waals surface area (Å²) in [7, 11) is 0. The van der Waals surface area contributed by atoms with Gasteiger partial charge in [0.05, 0.1) is 48.7 Å². The molecule has 12 nitrogen and oxygen atoms in total. The molecule has 408 valence electrons. The van der Waals surface area contributed by atoms with Gasteiger partial charge in [0.15, 0.2) is 0 Å². The van der Waals surface area contributed by atoms with Gasteiger partial charge in [-0.15, -0.1) is 0 Å². The summed E-state index contributed by atoms with van der Waals surface area (Å²) in [6, 6.07) is 3.29. The molecule has 18 heteroatoms. The van der Waals surface area contributed by atoms with Crippen molar-refractivity contribution in [2.75, 3.05) is 26.4 Å². The lowest BCUT2D eigenvalue weighted by molar-refractivity contribution is -0.288. The Labute approximate surface area is 426 Å². The van der Waals surface area contributed by atoms with Gasteiger partial charge in [-0.3, -0.25) is 0 Å². The van der Waals surface area contributed by atoms with E-state index in [1.807, 2.05) is 111 Å². The van der Waals surface area contributed by atoms with Crippen LogP contribution in [0.1, 0.15) is 189 Å². The predicted octanol–water partition coefficient (Wildman–Crippen LogP) is 10.4. The summed E-state index contributed by atoms with van der Waals surface area (Å²) in [5.41, 5.74) is -15.4. The molecule has 73 heavy (non-hydrogen) atoms. The van der Waals surface area contributed by atoms with E-state index in [0.29, 0.717) is 49.9 Å². The third kappa shape index (κ3) is 12.4. The highest BCUT2D eigenvalue weighted by atomic mass is 19.4. The summed E-state index contributed by atoms with van der Waals surface area (Å²) in [6.07, 6.45) is -10.6. The summed E-state index contributed by atoms with van der Waals surface area (Å²) >= 11 is 0. The molecule has 0 aliphatic carbocycles. The van der Waals surface area contributed by atoms with Crippen LogP contribution in [0.15, 0.2) is 36.4 Å². The Hall–Kier alpha value is -4.26. The van der Waals surface area contributed by atoms with Crippen molar-refractivity contribution in [2.24, 2.45) is 23.7 Å². The van der Waals surface area contributed by atoms with Crippen LogP contribution in [0.5, 0.6) is 0 Å². The van der Waals surface area contributed by atoms with Crippen LogP contribution in [-0.4, -0.2) is 107 Å². The van der Waals surface area contributed by atoms with Crippen molar-refractivity contribution >= 4 is 23.9 Å². The number of hydrogen-bond acceptors (Lipinski definition) is 12. The van der Waals surface area contributed by atoms with E-state index in [4.69, 9.17) is 18.9 Å². The second-order valence-electron chi connectivity index (χ2n) is 26.3. The first kappa shape index (κ1) is 58.0. The van der Waals surface area contributed by atoms with Gasteiger partial charge >= 0.3 is 36.2 Å². The highest BCUT2D eigenvalue weighted by Crippen LogP contribution is 2.57. The molecule has 2 aromatic carbocycles. The number of nitrogens with one attached hydrogen (secondary N) is 4. The molecule has 0 amide bonds. The Morgan fingerprint density at radius 3 is 0.740 bits per heavy atom. The molecule has 4 fully saturated rings. The Bertz CT molecular complexity index is 2150. The summed E-state index contributed by atoms with van der Waals surface area (Å²) in [4.78, 5) is 56.4. The van der Waals surface area contributed by atoms with Gasteiger partial charge in [0.25, 0.3) is 0 Å². The highest BCUT2D eigenvalue weighted by molar-refractivity contribution is 5.97. The highest BCUT2D eigenvalue weighted by Gasteiger charge is 2.73. The molecule has 0 radical (unpaired) electrons. The number of esters is 4. The molecular formula is C55H78F6N4O8. The zero-order valence-electron chi connectivity index (χ0n) is 45.5. The normalized spacial score (nSPS) is 26.3. The fourth-order valence-electron chi connectivity index (χ4n) is 12.8. The number of rotatable bonds is 14. The number of carbonyl (C=O) groups excluding carboxylic acids is 4. The first-order valence-electron chi connectivity index (χ1n) is 25.2. The standard InChI is InChI=1S/C55H78F6N4O8/c1-45(2)23-37(49(9,10)62-45)27-70-41(66)31-17-32(42(67)71-28-38-24-46(3,4)63-50(38,11)12)20-35(19-31)53(54(56,57)58,55(59,60)61)36-21-33(43(68)72-29-39-25-47(5,6)64-51(39,13)14)18-34(22-36)44(69)73-30-40-26-48(7,8)65-52(40,15)16/h17-22,37-40,62-65H,23-30H2,1-16H3. The molecule has 4 unspecified atom stereocenters. The average molecular weight is 1040 g/mol. The molecule has 0 aromatic heterocycles. The topological polar surface area (TPSA) is 153 Å². The predicted molar refractivity (Wildman–Crippen MR) is 265 cm³/mol. The van der Waals surface area contributed by atoms with Gasteiger partial charge in [0.2, 0.25) is 5.41 Å². The summed E-state index contributed by atoms with van der Waals surface area (Å²) in [5.74, 6) is -6.44. The van der Waals surface area contributed by atoms with Gasteiger partial charge in [0.1, 0.15) is 0 Å². The van der Waals surface area contributed by atoms with E-state index in [1.165, 1.54) is 0 Å². The Morgan fingerprint density at radius 2 is 0.589 bits per heavy atom. The summed E-state index contributed by atoms with van der Waals surface area (Å²) in [6.45, 7) is 29.6. The van der Waals surface area contributed by atoms with Crippen LogP contribution in [0, 0.1) is 23.7 Å². The molecular weight excluding hydrogens is 959 g/mol. The lowest BCUT2D eigenvalue weighted by Gasteiger charge is -2.39. The fraction of sp³-hybridized carbons (Fsp3) is 0.709. The van der Waals surface area contributed by atoms with Gasteiger partial charge in [-0.1, -0.05) is 0 Å². The average Bonchev–Trinajstić information content (AvgIpc) is 3.76. The van der Waals surface area contributed by atoms with Gasteiger partial charge in [-0.2, -0.15) is 26.3 Å². The largest absolute Gasteiger partial charge is 0.462 e. The minimum absolute atomic E-state index is 0.262. The fourth-order valence-corrected chi connectivity index (χ4v) is 12.8. The van der Waals surface area contributed by atoms with Gasteiger partial charge in [0, 0.05) is 68.0 Å². The van der Waals surface area contributed by atoms with E-state index in [-0.39, 0.29) is 72.3 Å². The maximum Gasteiger partial charge on any atom is 0.411 e. The molecule has 4 aliphatic heterocycles. The molecule has 2 aromatic rings. The summed E-state index contributed by atoms with van der Waals surface area (Å²) < 4.78 is 121. The van der Waals surface area contributed by atoms with E-state index >= 15 is 26.3 Å². The summed E-state index contributed by atoms with van der Waals surface area (Å²) in [5, 5.41) is 13.8. The second kappa shape index (κ2) is 19.1. The minimum atomic E-state index is -6.33. The number of alkyl halides is 6. The first-order chi connectivity index (χ1) is 32.9. The number of benzene rings is 2. The van der Waals surface area contributed by atoms with E-state index in [1.54, 1.807) is 0 Å². The Morgan fingerprint density at radius 1 is 0.397 bits per heavy atom. The Kier molecular flexibility index (Phi) is 15.2. The van der Waals surface area contributed by atoms with Crippen molar-refractivity contribution in [1.82, 2.24) is 21.3 Å². The van der Waals surface area contributed by atoms with Crippen LogP contribution in [0.4, 0.5) is 26.3 Å². The lowest BCUT2D eigenvalue weighted by atomic mass is 9.71. The number of hydrogen-bond donors (Lipinski definition) is 4. The lowest BCUT2D eigenvalue weighted by Crippen LogP contribution is -2.55. The SMILES string of the molecule is CC1(C)CC(COC(=O)c2cc(C(=O)OCC3CC(C)(C)NC3(C)C)cc(C(c3cc(C(=O)OCC4CC(C)(C)NC4(C)C)cc(C(=O)OCC4CC(C)(C)NC4(C)C)c3)(C(F)(F)F)C(F)(F)F)c2)C(C)(C)N1. The molecule has 4 saturated heterocycles. The number of halogens is 6. The van der Waals surface area contributed by atoms with Gasteiger partial charge < -0.3 is 40.2 Å². The van der Waals surface area contributed by atoms with Crippen molar-refractivity contribution in [2.45, 2.75) is 199 Å². The van der Waals surface area contributed by atoms with Crippen molar-refractivity contribution in [3.05, 3.63) is 69.8 Å². The zero-order chi connectivity index (χ0) is 55.1. The number of carbonyl (C=O) groups is 4. The van der Waals surface area contributed by atoms with Crippen LogP contribution in [-0.2, 0) is 24.4 Å². The van der Waals surface area contributed by atoms with Gasteiger partial charge in [-0.05, 0) is 184 Å². The smallest absolute Gasteiger partial charge is 0.411 e. The Balaban J connectivity index is 1.51. The van der Waals surface area contributed by atoms with Crippen molar-refractivity contribution in [1.29, 1.82) is 0 Å². The monoisotopic (exact) mass is 1040 g/mol. The maximum atomic E-state index is 16.4. The second-order valence-corrected chi connectivity index (χ2v) is 26.3. The molecule has 4 heterocycles. The van der Waals surface area contributed by atoms with Crippen molar-refractivity contribution in [3.8, 4) is 0 Å². The van der Waals surface area contributed by atoms with E-state index in [9.17, 15) is 19.2 Å². The maximum absolute atomic E-state index is 16.4. The van der Waals surface area contributed by atoms with E-state index < -0.39 is 97.2 Å². The van der Waals surface area contributed by atoms with Crippen molar-refractivity contribution < 1.29 is 64.5 Å². The van der Waals surface area contributed by atoms with E-state index in [2.05, 4.69) is 21.3 Å². The molecule has 0 spiro atoms. The van der Waals surface area contributed by atoms with Crippen LogP contribution in [0.3, 0.4) is 0 Å². The third-order valence-corrected chi connectivity index (χ3v) is 15.9. The van der Waals surface area contributed by atoms with Crippen LogP contribution < -0.4 is 21.3 Å². The number of ether oxygens (including phenoxy) is 4. The minimum Gasteiger partial charge on any atom is -0.462 e. The molecule has 6 rings (SSSR count). The van der Waals surface area contributed by atoms with Crippen molar-refractivity contribution in [3.63, 3.8) is 0 Å².